The van der Waals surface area contributed by atoms with Crippen molar-refractivity contribution in [2.45, 2.75) is 25.8 Å². The van der Waals surface area contributed by atoms with Crippen LogP contribution in [0.5, 0.6) is 11.5 Å². The second-order valence-corrected chi connectivity index (χ2v) is 6.34. The van der Waals surface area contributed by atoms with Gasteiger partial charge in [-0.15, -0.1) is 0 Å². The van der Waals surface area contributed by atoms with Crippen LogP contribution in [0.3, 0.4) is 0 Å². The van der Waals surface area contributed by atoms with Crippen molar-refractivity contribution in [1.82, 2.24) is 4.90 Å². The Balaban J connectivity index is 1.96. The fourth-order valence-corrected chi connectivity index (χ4v) is 3.37. The molecule has 0 aliphatic carbocycles. The number of benzene rings is 2. The fraction of sp³-hybridized carbons (Fsp3) is 0.400. The molecule has 0 fully saturated rings. The Hall–Kier alpha value is -2.00. The predicted octanol–water partition coefficient (Wildman–Crippen LogP) is 3.78. The van der Waals surface area contributed by atoms with E-state index in [1.165, 1.54) is 22.3 Å². The molecule has 0 saturated heterocycles. The van der Waals surface area contributed by atoms with Crippen molar-refractivity contribution < 1.29 is 9.47 Å². The van der Waals surface area contributed by atoms with Crippen molar-refractivity contribution in [2.24, 2.45) is 0 Å². The summed E-state index contributed by atoms with van der Waals surface area (Å²) in [7, 11) is 5.60. The summed E-state index contributed by atoms with van der Waals surface area (Å²) in [6.07, 6.45) is 2.07. The molecule has 0 aromatic heterocycles. The average Bonchev–Trinajstić information content (AvgIpc) is 2.58. The third kappa shape index (κ3) is 3.20. The van der Waals surface area contributed by atoms with Crippen molar-refractivity contribution in [3.63, 3.8) is 0 Å². The minimum absolute atomic E-state index is 0.376. The summed E-state index contributed by atoms with van der Waals surface area (Å²) in [5.41, 5.74) is 5.41. The first-order valence-electron chi connectivity index (χ1n) is 8.13. The van der Waals surface area contributed by atoms with Gasteiger partial charge in [0.2, 0.25) is 0 Å². The highest BCUT2D eigenvalue weighted by molar-refractivity contribution is 5.49. The molecule has 122 valence electrons. The quantitative estimate of drug-likeness (QED) is 0.857. The van der Waals surface area contributed by atoms with Crippen LogP contribution >= 0.6 is 0 Å². The lowest BCUT2D eigenvalue weighted by atomic mass is 9.88. The minimum atomic E-state index is 0.376. The molecule has 0 saturated carbocycles. The molecule has 0 spiro atoms. The summed E-state index contributed by atoms with van der Waals surface area (Å²) < 4.78 is 11.0. The predicted molar refractivity (Wildman–Crippen MR) is 93.5 cm³/mol. The normalized spacial score (nSPS) is 17.7. The van der Waals surface area contributed by atoms with Gasteiger partial charge in [-0.1, -0.05) is 29.8 Å². The minimum Gasteiger partial charge on any atom is -0.493 e. The maximum atomic E-state index is 5.51. The molecular formula is C20H25NO2. The van der Waals surface area contributed by atoms with Crippen LogP contribution in [-0.2, 0) is 12.8 Å². The van der Waals surface area contributed by atoms with E-state index >= 15 is 0 Å². The number of fused-ring (bicyclic) bond motifs is 1. The fourth-order valence-electron chi connectivity index (χ4n) is 3.37. The van der Waals surface area contributed by atoms with Gasteiger partial charge in [0.15, 0.2) is 11.5 Å². The lowest BCUT2D eigenvalue weighted by Crippen LogP contribution is -2.33. The number of likely N-dealkylation sites (N-methyl/N-ethyl adjacent to an activating group) is 1. The molecule has 2 aromatic carbocycles. The van der Waals surface area contributed by atoms with E-state index in [1.807, 2.05) is 0 Å². The smallest absolute Gasteiger partial charge is 0.161 e. The van der Waals surface area contributed by atoms with E-state index < -0.39 is 0 Å². The highest BCUT2D eigenvalue weighted by Crippen LogP contribution is 2.38. The maximum absolute atomic E-state index is 5.51. The third-order valence-corrected chi connectivity index (χ3v) is 4.82. The molecule has 1 aliphatic heterocycles. The van der Waals surface area contributed by atoms with Gasteiger partial charge in [0.05, 0.1) is 14.2 Å². The maximum Gasteiger partial charge on any atom is 0.161 e. The Bertz CT molecular complexity index is 679. The van der Waals surface area contributed by atoms with E-state index in [1.54, 1.807) is 14.2 Å². The molecule has 1 aliphatic rings. The van der Waals surface area contributed by atoms with Gasteiger partial charge >= 0.3 is 0 Å². The molecule has 1 heterocycles. The number of methoxy groups -OCH3 is 2. The summed E-state index contributed by atoms with van der Waals surface area (Å²) in [6.45, 7) is 3.20. The van der Waals surface area contributed by atoms with Crippen LogP contribution in [0.1, 0.15) is 28.3 Å². The largest absolute Gasteiger partial charge is 0.493 e. The van der Waals surface area contributed by atoms with E-state index in [0.29, 0.717) is 6.04 Å². The molecule has 2 aromatic rings. The average molecular weight is 311 g/mol. The zero-order chi connectivity index (χ0) is 16.4. The van der Waals surface area contributed by atoms with Crippen LogP contribution in [0.25, 0.3) is 0 Å². The van der Waals surface area contributed by atoms with Gasteiger partial charge in [0, 0.05) is 12.6 Å². The number of ether oxygens (including phenoxy) is 2. The monoisotopic (exact) mass is 311 g/mol. The van der Waals surface area contributed by atoms with Gasteiger partial charge in [0.25, 0.3) is 0 Å². The topological polar surface area (TPSA) is 21.7 Å². The number of hydrogen-bond acceptors (Lipinski definition) is 3. The Kier molecular flexibility index (Phi) is 4.58. The van der Waals surface area contributed by atoms with Crippen LogP contribution in [-0.4, -0.2) is 32.7 Å². The number of hydrogen-bond donors (Lipinski definition) is 0. The van der Waals surface area contributed by atoms with Crippen LogP contribution in [0.4, 0.5) is 0 Å². The van der Waals surface area contributed by atoms with Crippen molar-refractivity contribution in [3.8, 4) is 11.5 Å². The Morgan fingerprint density at radius 2 is 1.70 bits per heavy atom. The Morgan fingerprint density at radius 3 is 2.35 bits per heavy atom. The van der Waals surface area contributed by atoms with E-state index in [-0.39, 0.29) is 0 Å². The molecule has 23 heavy (non-hydrogen) atoms. The highest BCUT2D eigenvalue weighted by Gasteiger charge is 2.26. The van der Waals surface area contributed by atoms with E-state index in [2.05, 4.69) is 55.3 Å². The van der Waals surface area contributed by atoms with E-state index in [4.69, 9.17) is 9.47 Å². The summed E-state index contributed by atoms with van der Waals surface area (Å²) in [5.74, 6) is 1.64. The van der Waals surface area contributed by atoms with Gasteiger partial charge in [-0.3, -0.25) is 4.90 Å². The first-order chi connectivity index (χ1) is 11.1. The van der Waals surface area contributed by atoms with Gasteiger partial charge in [-0.05, 0) is 55.6 Å². The summed E-state index contributed by atoms with van der Waals surface area (Å²) >= 11 is 0. The number of nitrogens with zero attached hydrogens (tertiary/aromatic N) is 1. The first kappa shape index (κ1) is 15.9. The zero-order valence-corrected chi connectivity index (χ0v) is 14.4. The molecule has 1 atom stereocenters. The molecule has 3 nitrogen and oxygen atoms in total. The lowest BCUT2D eigenvalue weighted by Gasteiger charge is -2.35. The molecule has 0 amide bonds. The molecule has 0 radical (unpaired) electrons. The molecule has 3 rings (SSSR count). The number of rotatable bonds is 4. The molecular weight excluding hydrogens is 286 g/mol. The highest BCUT2D eigenvalue weighted by atomic mass is 16.5. The van der Waals surface area contributed by atoms with Crippen LogP contribution in [0.15, 0.2) is 36.4 Å². The standard InChI is InChI=1S/C20H25NO2/c1-14-5-7-15(8-6-14)11-18-17-13-20(23-4)19(22-3)12-16(17)9-10-21(18)2/h5-8,12-13,18H,9-11H2,1-4H3. The zero-order valence-electron chi connectivity index (χ0n) is 14.4. The second kappa shape index (κ2) is 6.63. The van der Waals surface area contributed by atoms with Crippen molar-refractivity contribution in [3.05, 3.63) is 58.7 Å². The van der Waals surface area contributed by atoms with Crippen molar-refractivity contribution >= 4 is 0 Å². The second-order valence-electron chi connectivity index (χ2n) is 6.34. The molecule has 1 unspecified atom stereocenters. The number of aryl methyl sites for hydroxylation is 1. The van der Waals surface area contributed by atoms with Gasteiger partial charge in [-0.25, -0.2) is 0 Å². The Morgan fingerprint density at radius 1 is 1.04 bits per heavy atom. The van der Waals surface area contributed by atoms with Crippen LogP contribution in [0.2, 0.25) is 0 Å². The SMILES string of the molecule is COc1cc2c(cc1OC)C(Cc1ccc(C)cc1)N(C)CC2. The molecule has 0 N–H and O–H groups in total. The third-order valence-electron chi connectivity index (χ3n) is 4.82. The Labute approximate surface area is 138 Å². The summed E-state index contributed by atoms with van der Waals surface area (Å²) in [4.78, 5) is 2.44. The molecule has 3 heteroatoms. The summed E-state index contributed by atoms with van der Waals surface area (Å²) in [5, 5.41) is 0. The first-order valence-corrected chi connectivity index (χ1v) is 8.13. The summed E-state index contributed by atoms with van der Waals surface area (Å²) in [6, 6.07) is 13.5. The van der Waals surface area contributed by atoms with Gasteiger partial charge < -0.3 is 9.47 Å². The van der Waals surface area contributed by atoms with Gasteiger partial charge in [-0.2, -0.15) is 0 Å². The van der Waals surface area contributed by atoms with Crippen LogP contribution < -0.4 is 9.47 Å². The van der Waals surface area contributed by atoms with Crippen molar-refractivity contribution in [2.75, 3.05) is 27.8 Å². The molecule has 0 bridgehead atoms. The lowest BCUT2D eigenvalue weighted by molar-refractivity contribution is 0.228. The van der Waals surface area contributed by atoms with E-state index in [0.717, 1.165) is 30.9 Å². The van der Waals surface area contributed by atoms with Crippen molar-refractivity contribution in [1.29, 1.82) is 0 Å². The van der Waals surface area contributed by atoms with Crippen LogP contribution in [0, 0.1) is 6.92 Å². The van der Waals surface area contributed by atoms with Gasteiger partial charge in [0.1, 0.15) is 0 Å². The van der Waals surface area contributed by atoms with E-state index in [9.17, 15) is 0 Å².